The highest BCUT2D eigenvalue weighted by Crippen LogP contribution is 2.44. The van der Waals surface area contributed by atoms with Gasteiger partial charge in [0.05, 0.1) is 46.6 Å². The number of hydrogen-bond donors (Lipinski definition) is 0. The van der Waals surface area contributed by atoms with Gasteiger partial charge < -0.3 is 14.0 Å². The van der Waals surface area contributed by atoms with Crippen molar-refractivity contribution in [2.24, 2.45) is 14.1 Å². The summed E-state index contributed by atoms with van der Waals surface area (Å²) in [6, 6.07) is 18.0. The van der Waals surface area contributed by atoms with Crippen molar-refractivity contribution in [2.45, 2.75) is 70.9 Å². The number of aromatic nitrogens is 5. The number of benzene rings is 3. The van der Waals surface area contributed by atoms with Crippen molar-refractivity contribution < 1.29 is 22.7 Å². The Morgan fingerprint density at radius 3 is 2.56 bits per heavy atom. The average molecular weight is 742 g/mol. The van der Waals surface area contributed by atoms with Gasteiger partial charge in [0.2, 0.25) is 0 Å². The molecular weight excluding hydrogens is 698 g/mol. The smallest absolute Gasteiger partial charge is 0.355 e. The fourth-order valence-corrected chi connectivity index (χ4v) is 9.31. The Hall–Kier alpha value is -4.61. The van der Waals surface area contributed by atoms with Crippen molar-refractivity contribution in [1.82, 2.24) is 24.1 Å². The predicted molar refractivity (Wildman–Crippen MR) is 205 cm³/mol. The third-order valence-corrected chi connectivity index (χ3v) is 11.7. The summed E-state index contributed by atoms with van der Waals surface area (Å²) in [4.78, 5) is 13.6. The van der Waals surface area contributed by atoms with E-state index < -0.39 is 15.8 Å². The summed E-state index contributed by atoms with van der Waals surface area (Å²) in [5.74, 6) is -0.0457. The molecule has 0 fully saturated rings. The fraction of sp³-hybridized carbons (Fsp3) is 0.375. The zero-order chi connectivity index (χ0) is 36.7. The van der Waals surface area contributed by atoms with Crippen LogP contribution in [0.2, 0.25) is 5.02 Å². The van der Waals surface area contributed by atoms with Crippen molar-refractivity contribution in [1.29, 1.82) is 0 Å². The molecule has 0 saturated heterocycles. The number of sulfone groups is 1. The van der Waals surface area contributed by atoms with Crippen LogP contribution in [0.15, 0.2) is 54.6 Å². The number of rotatable bonds is 13. The second-order valence-electron chi connectivity index (χ2n) is 13.6. The molecule has 3 aromatic carbocycles. The van der Waals surface area contributed by atoms with E-state index in [1.807, 2.05) is 60.6 Å². The van der Waals surface area contributed by atoms with Crippen LogP contribution in [0, 0.1) is 6.92 Å². The maximum absolute atomic E-state index is 13.8. The number of carbonyl (C=O) groups is 1. The Bertz CT molecular complexity index is 2440. The number of halogens is 1. The molecule has 0 radical (unpaired) electrons. The molecule has 1 aliphatic rings. The second kappa shape index (κ2) is 14.4. The van der Waals surface area contributed by atoms with Gasteiger partial charge in [0, 0.05) is 53.9 Å². The normalized spacial score (nSPS) is 13.0. The number of aryl methyl sites for hydroxylation is 6. The summed E-state index contributed by atoms with van der Waals surface area (Å²) in [5, 5.41) is 12.8. The number of ether oxygens (including phenoxy) is 2. The Kier molecular flexibility index (Phi) is 9.93. The van der Waals surface area contributed by atoms with Crippen molar-refractivity contribution >= 4 is 49.1 Å². The molecular formula is C40H44ClN5O5S. The maximum atomic E-state index is 13.8. The van der Waals surface area contributed by atoms with Crippen LogP contribution >= 0.6 is 11.6 Å². The highest BCUT2D eigenvalue weighted by atomic mass is 35.5. The molecule has 0 spiro atoms. The minimum atomic E-state index is -3.66. The molecule has 0 N–H and O–H groups in total. The van der Waals surface area contributed by atoms with Crippen LogP contribution in [-0.2, 0) is 66.0 Å². The van der Waals surface area contributed by atoms with E-state index >= 15 is 0 Å². The number of nitrogens with zero attached hydrogens (tertiary/aromatic N) is 5. The third-order valence-electron chi connectivity index (χ3n) is 9.95. The van der Waals surface area contributed by atoms with Gasteiger partial charge in [-0.25, -0.2) is 13.2 Å². The van der Waals surface area contributed by atoms with Gasteiger partial charge in [0.15, 0.2) is 9.84 Å². The first-order valence-corrected chi connectivity index (χ1v) is 20.1. The highest BCUT2D eigenvalue weighted by molar-refractivity contribution is 7.89. The molecule has 0 aliphatic carbocycles. The largest absolute Gasteiger partial charge is 0.493 e. The predicted octanol–water partition coefficient (Wildman–Crippen LogP) is 7.70. The molecule has 1 aliphatic heterocycles. The molecule has 0 unspecified atom stereocenters. The highest BCUT2D eigenvalue weighted by Gasteiger charge is 2.32. The molecule has 0 amide bonds. The topological polar surface area (TPSA) is 110 Å². The molecule has 10 nitrogen and oxygen atoms in total. The molecule has 6 aromatic rings. The van der Waals surface area contributed by atoms with Crippen molar-refractivity contribution in [3.63, 3.8) is 0 Å². The minimum Gasteiger partial charge on any atom is -0.493 e. The van der Waals surface area contributed by atoms with Gasteiger partial charge >= 0.3 is 5.97 Å². The Morgan fingerprint density at radius 1 is 0.981 bits per heavy atom. The van der Waals surface area contributed by atoms with Crippen molar-refractivity contribution in [3.8, 4) is 16.9 Å². The molecule has 272 valence electrons. The van der Waals surface area contributed by atoms with Gasteiger partial charge in [-0.2, -0.15) is 10.2 Å². The summed E-state index contributed by atoms with van der Waals surface area (Å²) in [5.41, 5.74) is 7.45. The molecule has 0 saturated carbocycles. The first-order chi connectivity index (χ1) is 25.0. The number of fused-ring (bicyclic) bond motifs is 3. The van der Waals surface area contributed by atoms with Crippen LogP contribution < -0.4 is 4.74 Å². The van der Waals surface area contributed by atoms with E-state index in [0.29, 0.717) is 53.7 Å². The summed E-state index contributed by atoms with van der Waals surface area (Å²) < 4.78 is 44.9. The summed E-state index contributed by atoms with van der Waals surface area (Å²) in [7, 11) is 0.0123. The minimum absolute atomic E-state index is 0.192. The Morgan fingerprint density at radius 2 is 1.79 bits per heavy atom. The van der Waals surface area contributed by atoms with Gasteiger partial charge in [-0.1, -0.05) is 54.9 Å². The van der Waals surface area contributed by atoms with E-state index in [-0.39, 0.29) is 18.1 Å². The first-order valence-electron chi connectivity index (χ1n) is 17.9. The number of esters is 1. The van der Waals surface area contributed by atoms with E-state index in [4.69, 9.17) is 26.2 Å². The van der Waals surface area contributed by atoms with Gasteiger partial charge in [-0.05, 0) is 80.7 Å². The second-order valence-corrected chi connectivity index (χ2v) is 16.1. The Labute approximate surface area is 309 Å². The van der Waals surface area contributed by atoms with E-state index in [9.17, 15) is 13.2 Å². The van der Waals surface area contributed by atoms with Crippen LogP contribution in [0.3, 0.4) is 0 Å². The molecule has 7 rings (SSSR count). The van der Waals surface area contributed by atoms with Crippen LogP contribution in [0.4, 0.5) is 0 Å². The molecule has 3 aromatic heterocycles. The molecule has 4 heterocycles. The number of hydrogen-bond acceptors (Lipinski definition) is 7. The lowest BCUT2D eigenvalue weighted by molar-refractivity contribution is 0.0514. The van der Waals surface area contributed by atoms with E-state index in [0.717, 1.165) is 74.8 Å². The van der Waals surface area contributed by atoms with Gasteiger partial charge in [0.1, 0.15) is 11.4 Å². The molecule has 52 heavy (non-hydrogen) atoms. The fourth-order valence-electron chi connectivity index (χ4n) is 7.75. The summed E-state index contributed by atoms with van der Waals surface area (Å²) in [6.45, 7) is 7.23. The lowest BCUT2D eigenvalue weighted by Gasteiger charge is -2.12. The first kappa shape index (κ1) is 35.8. The van der Waals surface area contributed by atoms with Crippen LogP contribution in [0.1, 0.15) is 71.1 Å². The third kappa shape index (κ3) is 6.72. The zero-order valence-corrected chi connectivity index (χ0v) is 31.9. The molecule has 0 bridgehead atoms. The monoisotopic (exact) mass is 741 g/mol. The van der Waals surface area contributed by atoms with E-state index in [1.54, 1.807) is 11.6 Å². The van der Waals surface area contributed by atoms with Crippen molar-refractivity contribution in [2.75, 3.05) is 13.2 Å². The maximum Gasteiger partial charge on any atom is 0.355 e. The van der Waals surface area contributed by atoms with Crippen LogP contribution in [0.5, 0.6) is 5.75 Å². The lowest BCUT2D eigenvalue weighted by Crippen LogP contribution is -2.13. The summed E-state index contributed by atoms with van der Waals surface area (Å²) >= 11 is 7.09. The SMILES string of the molecule is CCOC(=O)c1c(CCCOc2cc(C)cc3ccccc23)c2ccc(Cl)c(-c3c(CS(=O)(=O)Cc4cc(CC)n(C)n4)nn4c3CCC4)c2n1C. The van der Waals surface area contributed by atoms with Gasteiger partial charge in [0.25, 0.3) is 0 Å². The molecule has 0 atom stereocenters. The number of carbonyl (C=O) groups excluding carboxylic acids is 1. The van der Waals surface area contributed by atoms with Gasteiger partial charge in [-0.15, -0.1) is 0 Å². The van der Waals surface area contributed by atoms with Gasteiger partial charge in [-0.3, -0.25) is 9.36 Å². The standard InChI is InChI=1S/C40H44ClN5O5S/c1-6-28-22-27(42-45(28)5)23-52(48,49)24-33-37(34-15-10-18-46(34)43-33)36-32(41)17-16-31-30(39(40(47)50-7-2)44(4)38(31)36)14-11-19-51-35-21-25(3)20-26-12-8-9-13-29(26)35/h8-9,12-13,16-17,20-22H,6-7,10-11,14-15,18-19,23-24H2,1-5H3. The van der Waals surface area contributed by atoms with Crippen LogP contribution in [0.25, 0.3) is 32.8 Å². The lowest BCUT2D eigenvalue weighted by atomic mass is 9.97. The van der Waals surface area contributed by atoms with E-state index in [2.05, 4.69) is 36.3 Å². The average Bonchev–Trinajstić information content (AvgIpc) is 3.84. The molecule has 12 heteroatoms. The van der Waals surface area contributed by atoms with E-state index in [1.165, 1.54) is 0 Å². The van der Waals surface area contributed by atoms with Crippen LogP contribution in [-0.4, -0.2) is 51.7 Å². The Balaban J connectivity index is 1.27. The zero-order valence-electron chi connectivity index (χ0n) is 30.3. The van der Waals surface area contributed by atoms with Crippen molar-refractivity contribution in [3.05, 3.63) is 99.2 Å². The summed E-state index contributed by atoms with van der Waals surface area (Å²) in [6.07, 6.45) is 3.58. The quantitative estimate of drug-likeness (QED) is 0.0882.